The molecule has 1 heterocycles. The Morgan fingerprint density at radius 2 is 1.85 bits per heavy atom. The van der Waals surface area contributed by atoms with Gasteiger partial charge in [-0.2, -0.15) is 0 Å². The van der Waals surface area contributed by atoms with Crippen molar-refractivity contribution in [1.82, 2.24) is 0 Å². The van der Waals surface area contributed by atoms with Gasteiger partial charge in [0.15, 0.2) is 0 Å². The van der Waals surface area contributed by atoms with E-state index in [1.807, 2.05) is 0 Å². The Bertz CT molecular complexity index is 437. The predicted octanol–water partition coefficient (Wildman–Crippen LogP) is 4.29. The van der Waals surface area contributed by atoms with Crippen LogP contribution < -0.4 is 4.90 Å². The van der Waals surface area contributed by atoms with Gasteiger partial charge in [0.2, 0.25) is 0 Å². The highest BCUT2D eigenvalue weighted by Gasteiger charge is 2.29. The molecule has 1 N–H and O–H groups in total. The molecule has 1 aromatic rings. The van der Waals surface area contributed by atoms with Crippen molar-refractivity contribution in [2.45, 2.75) is 64.0 Å². The number of hydrogen-bond acceptors (Lipinski definition) is 2. The predicted molar refractivity (Wildman–Crippen MR) is 84.0 cm³/mol. The van der Waals surface area contributed by atoms with Gasteiger partial charge in [-0.05, 0) is 50.5 Å². The van der Waals surface area contributed by atoms with E-state index in [-0.39, 0.29) is 6.10 Å². The van der Waals surface area contributed by atoms with Crippen molar-refractivity contribution < 1.29 is 5.11 Å². The normalized spacial score (nSPS) is 30.7. The van der Waals surface area contributed by atoms with Gasteiger partial charge in [0.05, 0.1) is 6.10 Å². The molecule has 0 saturated heterocycles. The lowest BCUT2D eigenvalue weighted by atomic mass is 9.83. The van der Waals surface area contributed by atoms with E-state index in [0.29, 0.717) is 6.04 Å². The van der Waals surface area contributed by atoms with Gasteiger partial charge < -0.3 is 10.0 Å². The molecule has 1 saturated carbocycles. The Morgan fingerprint density at radius 1 is 1.10 bits per heavy atom. The van der Waals surface area contributed by atoms with Crippen LogP contribution in [0.1, 0.15) is 63.5 Å². The van der Waals surface area contributed by atoms with Gasteiger partial charge in [-0.1, -0.05) is 31.5 Å². The van der Waals surface area contributed by atoms with Gasteiger partial charge in [0, 0.05) is 23.8 Å². The fourth-order valence-corrected chi connectivity index (χ4v) is 4.01. The summed E-state index contributed by atoms with van der Waals surface area (Å²) < 4.78 is 0. The highest BCUT2D eigenvalue weighted by atomic mass is 16.3. The lowest BCUT2D eigenvalue weighted by Gasteiger charge is -2.38. The van der Waals surface area contributed by atoms with Crippen LogP contribution in [0.3, 0.4) is 0 Å². The first-order valence-corrected chi connectivity index (χ1v) is 8.33. The highest BCUT2D eigenvalue weighted by Crippen LogP contribution is 2.38. The number of aliphatic hydroxyl groups excluding tert-OH is 1. The molecular weight excluding hydrogens is 246 g/mol. The molecule has 0 bridgehead atoms. The minimum absolute atomic E-state index is 0.275. The number of rotatable bonds is 2. The SMILES string of the molecule is CCC1CCC(N2CCCC(O)c3ccccc32)CC1. The molecule has 0 spiro atoms. The van der Waals surface area contributed by atoms with Crippen molar-refractivity contribution in [2.24, 2.45) is 5.92 Å². The van der Waals surface area contributed by atoms with E-state index >= 15 is 0 Å². The number of benzene rings is 1. The number of para-hydroxylation sites is 1. The number of hydrogen-bond donors (Lipinski definition) is 1. The summed E-state index contributed by atoms with van der Waals surface area (Å²) in [6.07, 6.45) is 8.46. The summed E-state index contributed by atoms with van der Waals surface area (Å²) in [4.78, 5) is 2.59. The number of fused-ring (bicyclic) bond motifs is 1. The van der Waals surface area contributed by atoms with Crippen molar-refractivity contribution in [3.05, 3.63) is 29.8 Å². The van der Waals surface area contributed by atoms with Gasteiger partial charge >= 0.3 is 0 Å². The minimum Gasteiger partial charge on any atom is -0.388 e. The number of anilines is 1. The van der Waals surface area contributed by atoms with Crippen LogP contribution in [0.25, 0.3) is 0 Å². The summed E-state index contributed by atoms with van der Waals surface area (Å²) in [5.41, 5.74) is 2.43. The zero-order valence-electron chi connectivity index (χ0n) is 12.6. The van der Waals surface area contributed by atoms with Gasteiger partial charge in [-0.3, -0.25) is 0 Å². The van der Waals surface area contributed by atoms with Crippen molar-refractivity contribution >= 4 is 5.69 Å². The fraction of sp³-hybridized carbons (Fsp3) is 0.667. The molecule has 2 aliphatic rings. The largest absolute Gasteiger partial charge is 0.388 e. The Kier molecular flexibility index (Phi) is 4.30. The molecule has 1 atom stereocenters. The van der Waals surface area contributed by atoms with Crippen LogP contribution in [0.4, 0.5) is 5.69 Å². The van der Waals surface area contributed by atoms with Gasteiger partial charge in [-0.15, -0.1) is 0 Å². The second-order valence-corrected chi connectivity index (χ2v) is 6.49. The first-order chi connectivity index (χ1) is 9.79. The quantitative estimate of drug-likeness (QED) is 0.869. The summed E-state index contributed by atoms with van der Waals surface area (Å²) in [5.74, 6) is 0.944. The Balaban J connectivity index is 1.81. The number of nitrogens with zero attached hydrogens (tertiary/aromatic N) is 1. The maximum atomic E-state index is 10.3. The third kappa shape index (κ3) is 2.71. The molecule has 1 aliphatic heterocycles. The Hall–Kier alpha value is -1.02. The molecular formula is C18H27NO. The van der Waals surface area contributed by atoms with E-state index in [1.165, 1.54) is 37.8 Å². The first kappa shape index (κ1) is 13.9. The van der Waals surface area contributed by atoms with Crippen LogP contribution in [-0.2, 0) is 0 Å². The molecule has 1 fully saturated rings. The summed E-state index contributed by atoms with van der Waals surface area (Å²) in [6.45, 7) is 3.43. The zero-order chi connectivity index (χ0) is 13.9. The standard InChI is InChI=1S/C18H27NO/c1-2-14-9-11-15(12-10-14)19-13-5-8-18(20)16-6-3-4-7-17(16)19/h3-4,6-7,14-15,18,20H,2,5,8-13H2,1H3. The smallest absolute Gasteiger partial charge is 0.0810 e. The summed E-state index contributed by atoms with van der Waals surface area (Å²) in [6, 6.07) is 9.16. The molecule has 2 heteroatoms. The van der Waals surface area contributed by atoms with Crippen molar-refractivity contribution in [2.75, 3.05) is 11.4 Å². The van der Waals surface area contributed by atoms with Crippen molar-refractivity contribution in [3.63, 3.8) is 0 Å². The van der Waals surface area contributed by atoms with Crippen molar-refractivity contribution in [3.8, 4) is 0 Å². The average Bonchev–Trinajstić information content (AvgIpc) is 2.67. The van der Waals surface area contributed by atoms with E-state index in [0.717, 1.165) is 30.9 Å². The molecule has 0 amide bonds. The Labute approximate surface area is 122 Å². The zero-order valence-corrected chi connectivity index (χ0v) is 12.6. The van der Waals surface area contributed by atoms with E-state index in [4.69, 9.17) is 0 Å². The second-order valence-electron chi connectivity index (χ2n) is 6.49. The van der Waals surface area contributed by atoms with Crippen molar-refractivity contribution in [1.29, 1.82) is 0 Å². The molecule has 0 radical (unpaired) electrons. The molecule has 1 aromatic carbocycles. The second kappa shape index (κ2) is 6.17. The Morgan fingerprint density at radius 3 is 2.60 bits per heavy atom. The molecule has 110 valence electrons. The lowest BCUT2D eigenvalue weighted by molar-refractivity contribution is 0.168. The van der Waals surface area contributed by atoms with Crippen LogP contribution in [0.5, 0.6) is 0 Å². The van der Waals surface area contributed by atoms with E-state index in [9.17, 15) is 5.11 Å². The van der Waals surface area contributed by atoms with Gasteiger partial charge in [0.25, 0.3) is 0 Å². The average molecular weight is 273 g/mol. The molecule has 20 heavy (non-hydrogen) atoms. The van der Waals surface area contributed by atoms with Gasteiger partial charge in [0.1, 0.15) is 0 Å². The lowest BCUT2D eigenvalue weighted by Crippen LogP contribution is -2.38. The third-order valence-electron chi connectivity index (χ3n) is 5.32. The summed E-state index contributed by atoms with van der Waals surface area (Å²) in [7, 11) is 0. The van der Waals surface area contributed by atoms with Crippen LogP contribution in [-0.4, -0.2) is 17.7 Å². The highest BCUT2D eigenvalue weighted by molar-refractivity contribution is 5.56. The van der Waals surface area contributed by atoms with E-state index < -0.39 is 0 Å². The summed E-state index contributed by atoms with van der Waals surface area (Å²) >= 11 is 0. The van der Waals surface area contributed by atoms with Crippen LogP contribution in [0, 0.1) is 5.92 Å². The molecule has 1 aliphatic carbocycles. The molecule has 2 nitrogen and oxygen atoms in total. The van der Waals surface area contributed by atoms with E-state index in [1.54, 1.807) is 0 Å². The van der Waals surface area contributed by atoms with Gasteiger partial charge in [-0.25, -0.2) is 0 Å². The van der Waals surface area contributed by atoms with Crippen LogP contribution in [0.2, 0.25) is 0 Å². The number of aliphatic hydroxyl groups is 1. The third-order valence-corrected chi connectivity index (χ3v) is 5.32. The molecule has 0 aromatic heterocycles. The first-order valence-electron chi connectivity index (χ1n) is 8.33. The molecule has 3 rings (SSSR count). The van der Waals surface area contributed by atoms with E-state index in [2.05, 4.69) is 36.1 Å². The topological polar surface area (TPSA) is 23.5 Å². The van der Waals surface area contributed by atoms with Crippen LogP contribution in [0.15, 0.2) is 24.3 Å². The minimum atomic E-state index is -0.275. The maximum absolute atomic E-state index is 10.3. The monoisotopic (exact) mass is 273 g/mol. The summed E-state index contributed by atoms with van der Waals surface area (Å²) in [5, 5.41) is 10.3. The van der Waals surface area contributed by atoms with Crippen LogP contribution >= 0.6 is 0 Å². The fourth-order valence-electron chi connectivity index (χ4n) is 4.01. The maximum Gasteiger partial charge on any atom is 0.0810 e. The molecule has 1 unspecified atom stereocenters.